The first-order valence-corrected chi connectivity index (χ1v) is 9.92. The van der Waals surface area contributed by atoms with Gasteiger partial charge in [0.1, 0.15) is 18.1 Å². The molecule has 7 heteroatoms. The molecule has 1 atom stereocenters. The van der Waals surface area contributed by atoms with Crippen molar-refractivity contribution in [3.05, 3.63) is 53.5 Å². The van der Waals surface area contributed by atoms with Crippen molar-refractivity contribution in [1.82, 2.24) is 4.90 Å². The van der Waals surface area contributed by atoms with Crippen molar-refractivity contribution in [3.8, 4) is 5.75 Å². The van der Waals surface area contributed by atoms with Crippen LogP contribution >= 0.6 is 0 Å². The maximum Gasteiger partial charge on any atom is 0.289 e. The molecule has 1 saturated heterocycles. The zero-order valence-electron chi connectivity index (χ0n) is 14.3. The monoisotopic (exact) mass is 363 g/mol. The molecular weight excluding hydrogens is 342 g/mol. The van der Waals surface area contributed by atoms with Crippen molar-refractivity contribution < 1.29 is 22.4 Å². The van der Waals surface area contributed by atoms with Gasteiger partial charge >= 0.3 is 0 Å². The van der Waals surface area contributed by atoms with Crippen LogP contribution in [0.2, 0.25) is 0 Å². The Hall–Kier alpha value is -2.28. The number of sulfone groups is 1. The van der Waals surface area contributed by atoms with Crippen molar-refractivity contribution in [2.45, 2.75) is 26.0 Å². The van der Waals surface area contributed by atoms with E-state index in [-0.39, 0.29) is 35.8 Å². The van der Waals surface area contributed by atoms with Crippen LogP contribution in [0.3, 0.4) is 0 Å². The molecule has 0 saturated carbocycles. The van der Waals surface area contributed by atoms with Crippen LogP contribution in [0, 0.1) is 6.92 Å². The van der Waals surface area contributed by atoms with Gasteiger partial charge in [0.25, 0.3) is 5.91 Å². The third-order valence-electron chi connectivity index (χ3n) is 4.41. The zero-order valence-corrected chi connectivity index (χ0v) is 15.1. The molecule has 0 spiro atoms. The summed E-state index contributed by atoms with van der Waals surface area (Å²) in [6.07, 6.45) is 0.467. The first kappa shape index (κ1) is 17.5. The lowest BCUT2D eigenvalue weighted by Crippen LogP contribution is -2.37. The van der Waals surface area contributed by atoms with E-state index in [0.717, 1.165) is 11.3 Å². The summed E-state index contributed by atoms with van der Waals surface area (Å²) in [6, 6.07) is 10.7. The van der Waals surface area contributed by atoms with Gasteiger partial charge in [-0.05, 0) is 37.1 Å². The molecule has 0 bridgehead atoms. The molecule has 3 rings (SSSR count). The molecule has 1 aromatic heterocycles. The predicted molar refractivity (Wildman–Crippen MR) is 93.4 cm³/mol. The zero-order chi connectivity index (χ0) is 18.0. The highest BCUT2D eigenvalue weighted by molar-refractivity contribution is 7.91. The molecule has 0 radical (unpaired) electrons. The number of carbonyl (C=O) groups is 1. The normalized spacial score (nSPS) is 18.9. The van der Waals surface area contributed by atoms with E-state index in [1.54, 1.807) is 19.2 Å². The van der Waals surface area contributed by atoms with Gasteiger partial charge in [-0.15, -0.1) is 0 Å². The van der Waals surface area contributed by atoms with Crippen LogP contribution < -0.4 is 4.74 Å². The van der Waals surface area contributed by atoms with E-state index in [1.807, 2.05) is 31.2 Å². The average Bonchev–Trinajstić information content (AvgIpc) is 3.19. The average molecular weight is 363 g/mol. The molecule has 0 N–H and O–H groups in total. The summed E-state index contributed by atoms with van der Waals surface area (Å²) in [5, 5.41) is 0. The number of furan rings is 1. The number of aryl methyl sites for hydroxylation is 1. The van der Waals surface area contributed by atoms with E-state index in [0.29, 0.717) is 12.2 Å². The van der Waals surface area contributed by atoms with Gasteiger partial charge in [-0.3, -0.25) is 4.79 Å². The number of benzene rings is 1. The fourth-order valence-electron chi connectivity index (χ4n) is 2.86. The fourth-order valence-corrected chi connectivity index (χ4v) is 4.63. The van der Waals surface area contributed by atoms with Gasteiger partial charge in [0.05, 0.1) is 11.5 Å². The highest BCUT2D eigenvalue weighted by Crippen LogP contribution is 2.21. The molecule has 0 aliphatic carbocycles. The minimum atomic E-state index is -3.04. The smallest absolute Gasteiger partial charge is 0.289 e. The highest BCUT2D eigenvalue weighted by Gasteiger charge is 2.33. The fraction of sp³-hybridized carbons (Fsp3) is 0.389. The van der Waals surface area contributed by atoms with Gasteiger partial charge in [-0.2, -0.15) is 0 Å². The lowest BCUT2D eigenvalue weighted by atomic mass is 10.2. The van der Waals surface area contributed by atoms with Crippen LogP contribution in [0.25, 0.3) is 0 Å². The molecule has 2 aromatic rings. The van der Waals surface area contributed by atoms with E-state index in [4.69, 9.17) is 9.15 Å². The lowest BCUT2D eigenvalue weighted by Gasteiger charge is -2.22. The Balaban J connectivity index is 1.63. The van der Waals surface area contributed by atoms with Gasteiger partial charge in [0.2, 0.25) is 0 Å². The van der Waals surface area contributed by atoms with Crippen LogP contribution in [0.5, 0.6) is 5.75 Å². The minimum absolute atomic E-state index is 0.0131. The minimum Gasteiger partial charge on any atom is -0.485 e. The summed E-state index contributed by atoms with van der Waals surface area (Å²) in [7, 11) is -1.43. The topological polar surface area (TPSA) is 76.8 Å². The van der Waals surface area contributed by atoms with Crippen LogP contribution in [-0.2, 0) is 16.4 Å². The number of rotatable bonds is 5. The summed E-state index contributed by atoms with van der Waals surface area (Å²) in [5.41, 5.74) is 1.02. The second-order valence-electron chi connectivity index (χ2n) is 6.29. The van der Waals surface area contributed by atoms with Crippen molar-refractivity contribution in [1.29, 1.82) is 0 Å². The van der Waals surface area contributed by atoms with Crippen LogP contribution in [0.4, 0.5) is 0 Å². The number of hydrogen-bond acceptors (Lipinski definition) is 5. The summed E-state index contributed by atoms with van der Waals surface area (Å²) in [4.78, 5) is 13.9. The van der Waals surface area contributed by atoms with Crippen LogP contribution in [0.1, 0.15) is 28.3 Å². The Kier molecular flexibility index (Phi) is 4.85. The Morgan fingerprint density at radius 3 is 2.72 bits per heavy atom. The summed E-state index contributed by atoms with van der Waals surface area (Å²) in [6.45, 7) is 2.18. The number of nitrogens with zero attached hydrogens (tertiary/aromatic N) is 1. The van der Waals surface area contributed by atoms with Crippen LogP contribution in [-0.4, -0.2) is 43.8 Å². The highest BCUT2D eigenvalue weighted by atomic mass is 32.2. The van der Waals surface area contributed by atoms with E-state index >= 15 is 0 Å². The molecule has 1 aliphatic rings. The molecular formula is C18H21NO5S. The van der Waals surface area contributed by atoms with Gasteiger partial charge < -0.3 is 14.1 Å². The molecule has 25 heavy (non-hydrogen) atoms. The SMILES string of the molecule is Cc1ccccc1OCc1ccc(C(=O)N(C)C2CCS(=O)(=O)C2)o1. The Morgan fingerprint density at radius 2 is 2.04 bits per heavy atom. The quantitative estimate of drug-likeness (QED) is 0.815. The largest absolute Gasteiger partial charge is 0.485 e. The first-order valence-electron chi connectivity index (χ1n) is 8.10. The third kappa shape index (κ3) is 4.04. The second kappa shape index (κ2) is 6.92. The molecule has 1 aliphatic heterocycles. The molecule has 6 nitrogen and oxygen atoms in total. The van der Waals surface area contributed by atoms with E-state index < -0.39 is 9.84 Å². The number of ether oxygens (including phenoxy) is 1. The summed E-state index contributed by atoms with van der Waals surface area (Å²) in [5.74, 6) is 1.32. The van der Waals surface area contributed by atoms with Gasteiger partial charge in [0.15, 0.2) is 15.6 Å². The van der Waals surface area contributed by atoms with Crippen LogP contribution in [0.15, 0.2) is 40.8 Å². The van der Waals surface area contributed by atoms with Crippen molar-refractivity contribution >= 4 is 15.7 Å². The molecule has 1 unspecified atom stereocenters. The van der Waals surface area contributed by atoms with Crippen molar-refractivity contribution in [2.24, 2.45) is 0 Å². The van der Waals surface area contributed by atoms with Crippen molar-refractivity contribution in [3.63, 3.8) is 0 Å². The Bertz CT molecular complexity index is 871. The van der Waals surface area contributed by atoms with E-state index in [1.165, 1.54) is 4.90 Å². The molecule has 134 valence electrons. The van der Waals surface area contributed by atoms with E-state index in [2.05, 4.69) is 0 Å². The summed E-state index contributed by atoms with van der Waals surface area (Å²) < 4.78 is 34.4. The van der Waals surface area contributed by atoms with Gasteiger partial charge in [-0.1, -0.05) is 18.2 Å². The maximum atomic E-state index is 12.5. The maximum absolute atomic E-state index is 12.5. The predicted octanol–water partition coefficient (Wildman–Crippen LogP) is 2.43. The molecule has 1 amide bonds. The molecule has 1 aromatic carbocycles. The van der Waals surface area contributed by atoms with E-state index in [9.17, 15) is 13.2 Å². The second-order valence-corrected chi connectivity index (χ2v) is 8.52. The first-order chi connectivity index (χ1) is 11.9. The number of hydrogen-bond donors (Lipinski definition) is 0. The number of para-hydroxylation sites is 1. The molecule has 2 heterocycles. The lowest BCUT2D eigenvalue weighted by molar-refractivity contribution is 0.0711. The third-order valence-corrected chi connectivity index (χ3v) is 6.16. The standard InChI is InChI=1S/C18H21NO5S/c1-13-5-3-4-6-16(13)23-11-15-7-8-17(24-15)18(20)19(2)14-9-10-25(21,22)12-14/h3-8,14H,9-12H2,1-2H3. The number of carbonyl (C=O) groups excluding carboxylic acids is 1. The Labute approximate surface area is 147 Å². The van der Waals surface area contributed by atoms with Crippen molar-refractivity contribution in [2.75, 3.05) is 18.6 Å². The Morgan fingerprint density at radius 1 is 1.28 bits per heavy atom. The van der Waals surface area contributed by atoms with Gasteiger partial charge in [0, 0.05) is 13.1 Å². The summed E-state index contributed by atoms with van der Waals surface area (Å²) >= 11 is 0. The number of amides is 1. The molecule has 1 fully saturated rings. The van der Waals surface area contributed by atoms with Gasteiger partial charge in [-0.25, -0.2) is 8.42 Å².